The second kappa shape index (κ2) is 24.8. The first kappa shape index (κ1) is 61.9. The zero-order valence-corrected chi connectivity index (χ0v) is 50.4. The van der Waals surface area contributed by atoms with Gasteiger partial charge in [0.2, 0.25) is 23.6 Å². The highest BCUT2D eigenvalue weighted by molar-refractivity contribution is 6.01. The highest BCUT2D eigenvalue weighted by Crippen LogP contribution is 2.70. The number of nitrogens with one attached hydrogen (secondary N) is 4. The number of ether oxygens (including phenoxy) is 4. The Labute approximate surface area is 521 Å². The normalized spacial score (nSPS) is 30.1. The number of rotatable bonds is 19. The Morgan fingerprint density at radius 2 is 1.57 bits per heavy atom. The third-order valence-electron chi connectivity index (χ3n) is 20.8. The summed E-state index contributed by atoms with van der Waals surface area (Å²) in [6.07, 6.45) is 7.13. The van der Waals surface area contributed by atoms with Crippen LogP contribution in [0.4, 0.5) is 16.2 Å². The number of anilines is 2. The molecule has 4 heterocycles. The largest absolute Gasteiger partial charge is 0.481 e. The maximum Gasteiger partial charge on any atom is 0.407 e. The number of aliphatic hydroxyl groups excluding tert-OH is 2. The molecule has 0 radical (unpaired) electrons. The van der Waals surface area contributed by atoms with Gasteiger partial charge in [-0.25, -0.2) is 4.79 Å². The number of para-hydroxylation sites is 1. The molecule has 20 nitrogen and oxygen atoms in total. The van der Waals surface area contributed by atoms with Crippen LogP contribution >= 0.6 is 0 Å². The van der Waals surface area contributed by atoms with Crippen LogP contribution in [0.1, 0.15) is 131 Å². The van der Waals surface area contributed by atoms with Crippen molar-refractivity contribution in [2.24, 2.45) is 28.6 Å². The van der Waals surface area contributed by atoms with Crippen LogP contribution in [-0.2, 0) is 72.1 Å². The fourth-order valence-electron chi connectivity index (χ4n) is 16.1. The number of hydrogen-bond acceptors (Lipinski definition) is 14. The van der Waals surface area contributed by atoms with Crippen molar-refractivity contribution in [3.8, 4) is 11.8 Å². The smallest absolute Gasteiger partial charge is 0.407 e. The number of hydrogen-bond donors (Lipinski definition) is 7. The number of carboxylic acid groups (broad SMARTS) is 1. The fourth-order valence-corrected chi connectivity index (χ4v) is 16.1. The molecule has 4 aliphatic heterocycles. The monoisotopic (exact) mass is 1230 g/mol. The average molecular weight is 1230 g/mol. The van der Waals surface area contributed by atoms with Gasteiger partial charge in [-0.3, -0.25) is 33.6 Å². The third kappa shape index (κ3) is 11.9. The molecule has 4 aromatic rings. The second-order valence-electron chi connectivity index (χ2n) is 26.1. The Hall–Kier alpha value is -8.32. The number of alkyl carbamates (subject to hydrolysis) is 1. The Morgan fingerprint density at radius 3 is 2.30 bits per heavy atom. The summed E-state index contributed by atoms with van der Waals surface area (Å²) in [5, 5.41) is 42.7. The third-order valence-corrected chi connectivity index (χ3v) is 20.8. The van der Waals surface area contributed by atoms with Gasteiger partial charge in [-0.05, 0) is 129 Å². The quantitative estimate of drug-likeness (QED) is 0.0467. The summed E-state index contributed by atoms with van der Waals surface area (Å²) < 4.78 is 25.7. The van der Waals surface area contributed by atoms with Gasteiger partial charge in [0.05, 0.1) is 48.7 Å². The van der Waals surface area contributed by atoms with Crippen molar-refractivity contribution in [2.45, 2.75) is 152 Å². The molecular formula is C70H75N5O15. The number of Topliss-reactive ketones (excluding diaryl/α,β-unsaturated/α-hetero) is 1. The van der Waals surface area contributed by atoms with Crippen molar-refractivity contribution in [3.63, 3.8) is 0 Å². The number of amides is 5. The van der Waals surface area contributed by atoms with Crippen molar-refractivity contribution >= 4 is 58.6 Å². The number of carboxylic acids is 1. The molecule has 20 heteroatoms. The molecule has 90 heavy (non-hydrogen) atoms. The molecule has 470 valence electrons. The molecule has 2 bridgehead atoms. The molecule has 7 N–H and O–H groups in total. The molecule has 0 aromatic heterocycles. The van der Waals surface area contributed by atoms with E-state index in [0.29, 0.717) is 74.1 Å². The van der Waals surface area contributed by atoms with Crippen molar-refractivity contribution in [2.75, 3.05) is 30.0 Å². The molecular weight excluding hydrogens is 1150 g/mol. The topological polar surface area (TPSA) is 286 Å². The van der Waals surface area contributed by atoms with Crippen LogP contribution in [-0.4, -0.2) is 117 Å². The zero-order valence-electron chi connectivity index (χ0n) is 50.4. The minimum atomic E-state index is -1.45. The predicted octanol–water partition coefficient (Wildman–Crippen LogP) is 6.97. The summed E-state index contributed by atoms with van der Waals surface area (Å²) in [4.78, 5) is 106. The molecule has 5 amide bonds. The molecule has 9 aliphatic rings. The molecule has 3 saturated heterocycles. The van der Waals surface area contributed by atoms with Gasteiger partial charge in [-0.1, -0.05) is 104 Å². The van der Waals surface area contributed by atoms with Crippen molar-refractivity contribution in [1.82, 2.24) is 16.0 Å². The number of carbonyl (C=O) groups excluding carboxylic acids is 7. The maximum atomic E-state index is 14.1. The minimum absolute atomic E-state index is 0.0143. The van der Waals surface area contributed by atoms with Crippen LogP contribution in [0, 0.1) is 40.4 Å². The first-order valence-corrected chi connectivity index (χ1v) is 31.2. The average Bonchev–Trinajstić information content (AvgIpc) is 1.48. The number of benzene rings is 4. The van der Waals surface area contributed by atoms with Crippen LogP contribution < -0.4 is 26.2 Å². The van der Waals surface area contributed by atoms with E-state index in [-0.39, 0.29) is 61.9 Å². The number of carbonyl (C=O) groups is 8. The Kier molecular flexibility index (Phi) is 17.1. The number of nitrogens with zero attached hydrogens (tertiary/aromatic N) is 1. The van der Waals surface area contributed by atoms with Gasteiger partial charge in [0.15, 0.2) is 23.5 Å². The van der Waals surface area contributed by atoms with E-state index in [1.807, 2.05) is 79.7 Å². The van der Waals surface area contributed by atoms with Gasteiger partial charge in [0, 0.05) is 64.8 Å². The molecule has 0 spiro atoms. The SMILES string of the molecule is C[C@]12C=CC(=O)C=C1CC[C@@H]1[C@@H]2[C@@H](O)C[C@@]2(C)[C@H]1C[C@H]1OC(c3ccc(CC45CCC(NC(=O)OCc6ccc(NC(=O)[C@H](CCC(=O)O)NC(=O)CNC(=O)CCC(=O)N7Cc8ccccc8C#Cc8ccccc87)cc6)(CC4)CO5)cc3)O[C@]12C(=O)CO. The molecule has 4 aromatic carbocycles. The standard InChI is InChI=1S/C70H75N5O15/c1-66-28-27-50(77)33-48(66)19-22-51-52-34-57-70(56(79)39-76,67(52,2)36-55(78)62(51)66)90-64(89-57)46-15-11-42(12-16-46)35-69-31-29-68(30-32-69,41-88-69)74-65(86)87-40-43-13-20-49(21-14-43)72-63(85)53(23-26-61(83)84)73-59(81)37-71-58(80)24-25-60(82)75-38-47-9-4-3-7-44(47)17-18-45-8-5-6-10-54(45)75/h3-16,20-21,27-28,33,51-53,55,57,62,64,76,78H,19,22-26,29-32,34-41H2,1-2H3,(H,71,80)(H,72,85)(H,73,81)(H,74,86)(H,83,84)/t51-,52-,53-,55-,57+,62+,64?,66-,67-,68?,69?,70+/m0/s1. The Morgan fingerprint density at radius 1 is 0.844 bits per heavy atom. The fraction of sp³-hybridized carbons (Fsp3) is 0.457. The van der Waals surface area contributed by atoms with E-state index in [4.69, 9.17) is 18.9 Å². The lowest BCUT2D eigenvalue weighted by atomic mass is 9.46. The van der Waals surface area contributed by atoms with E-state index in [0.717, 1.165) is 40.7 Å². The molecule has 13 rings (SSSR count). The molecule has 1 unspecified atom stereocenters. The molecule has 7 fully saturated rings. The van der Waals surface area contributed by atoms with Gasteiger partial charge in [0.25, 0.3) is 0 Å². The van der Waals surface area contributed by atoms with E-state index < -0.39 is 107 Å². The van der Waals surface area contributed by atoms with Crippen LogP contribution in [0.2, 0.25) is 0 Å². The second-order valence-corrected chi connectivity index (χ2v) is 26.1. The van der Waals surface area contributed by atoms with Crippen molar-refractivity contribution in [3.05, 3.63) is 154 Å². The van der Waals surface area contributed by atoms with E-state index >= 15 is 0 Å². The Bertz CT molecular complexity index is 3640. The summed E-state index contributed by atoms with van der Waals surface area (Å²) in [7, 11) is 0. The van der Waals surface area contributed by atoms with E-state index in [2.05, 4.69) is 40.0 Å². The first-order valence-electron chi connectivity index (χ1n) is 31.2. The van der Waals surface area contributed by atoms with E-state index in [1.54, 1.807) is 47.4 Å². The lowest BCUT2D eigenvalue weighted by Gasteiger charge is -2.59. The summed E-state index contributed by atoms with van der Waals surface area (Å²) in [6, 6.07) is 27.9. The van der Waals surface area contributed by atoms with Crippen LogP contribution in [0.15, 0.2) is 121 Å². The summed E-state index contributed by atoms with van der Waals surface area (Å²) in [5.74, 6) is 2.25. The molecule has 5 aliphatic carbocycles. The van der Waals surface area contributed by atoms with Crippen LogP contribution in [0.25, 0.3) is 0 Å². The van der Waals surface area contributed by atoms with Gasteiger partial charge >= 0.3 is 12.1 Å². The molecule has 10 atom stereocenters. The Balaban J connectivity index is 0.582. The number of aliphatic hydroxyl groups is 2. The van der Waals surface area contributed by atoms with Crippen LogP contribution in [0.5, 0.6) is 0 Å². The van der Waals surface area contributed by atoms with Gasteiger partial charge in [0.1, 0.15) is 19.3 Å². The summed E-state index contributed by atoms with van der Waals surface area (Å²) in [6.45, 7) is 3.38. The molecule has 4 saturated carbocycles. The van der Waals surface area contributed by atoms with Crippen molar-refractivity contribution in [1.29, 1.82) is 0 Å². The van der Waals surface area contributed by atoms with Crippen molar-refractivity contribution < 1.29 is 72.6 Å². The highest BCUT2D eigenvalue weighted by Gasteiger charge is 2.76. The van der Waals surface area contributed by atoms with E-state index in [9.17, 15) is 53.7 Å². The van der Waals surface area contributed by atoms with E-state index in [1.165, 1.54) is 0 Å². The number of ketones is 2. The van der Waals surface area contributed by atoms with Gasteiger partial charge in [-0.15, -0.1) is 0 Å². The lowest BCUT2D eigenvalue weighted by molar-refractivity contribution is -0.201. The zero-order chi connectivity index (χ0) is 63.2. The number of allylic oxidation sites excluding steroid dienone is 4. The van der Waals surface area contributed by atoms with Gasteiger partial charge < -0.3 is 60.4 Å². The van der Waals surface area contributed by atoms with Gasteiger partial charge in [-0.2, -0.15) is 0 Å². The predicted molar refractivity (Wildman–Crippen MR) is 326 cm³/mol. The minimum Gasteiger partial charge on any atom is -0.481 e. The lowest BCUT2D eigenvalue weighted by Crippen LogP contribution is -2.63. The summed E-state index contributed by atoms with van der Waals surface area (Å²) >= 11 is 0. The number of fused-ring (bicyclic) bond motifs is 12. The van der Waals surface area contributed by atoms with Crippen LogP contribution in [0.3, 0.4) is 0 Å². The first-order chi connectivity index (χ1) is 43.2. The maximum absolute atomic E-state index is 14.1. The highest BCUT2D eigenvalue weighted by atomic mass is 16.7. The summed E-state index contributed by atoms with van der Waals surface area (Å²) in [5.41, 5.74) is 2.95. The number of aliphatic carboxylic acids is 1.